The molecule has 2 aliphatic carbocycles. The van der Waals surface area contributed by atoms with Gasteiger partial charge in [-0.3, -0.25) is 14.3 Å². The van der Waals surface area contributed by atoms with E-state index in [4.69, 9.17) is 4.74 Å². The van der Waals surface area contributed by atoms with Gasteiger partial charge in [0.05, 0.1) is 12.4 Å². The first kappa shape index (κ1) is 13.6. The van der Waals surface area contributed by atoms with Crippen LogP contribution in [0.15, 0.2) is 0 Å². The number of esters is 1. The van der Waals surface area contributed by atoms with Gasteiger partial charge in [-0.1, -0.05) is 12.8 Å². The number of carbonyl (C=O) groups is 1. The molecule has 0 bridgehead atoms. The highest BCUT2D eigenvalue weighted by molar-refractivity contribution is 7.85. The van der Waals surface area contributed by atoms with Crippen molar-refractivity contribution in [3.8, 4) is 0 Å². The Morgan fingerprint density at radius 1 is 1.32 bits per heavy atom. The highest BCUT2D eigenvalue weighted by Gasteiger charge is 2.48. The van der Waals surface area contributed by atoms with Gasteiger partial charge in [-0.15, -0.1) is 0 Å². The molecule has 4 nitrogen and oxygen atoms in total. The van der Waals surface area contributed by atoms with E-state index in [0.29, 0.717) is 11.2 Å². The lowest BCUT2D eigenvalue weighted by Gasteiger charge is -2.46. The molecular weight excluding hydrogens is 262 g/mol. The van der Waals surface area contributed by atoms with Crippen LogP contribution in [0.1, 0.15) is 44.9 Å². The largest absolute Gasteiger partial charge is 0.468 e. The van der Waals surface area contributed by atoms with E-state index >= 15 is 0 Å². The lowest BCUT2D eigenvalue weighted by atomic mass is 9.71. The van der Waals surface area contributed by atoms with Crippen molar-refractivity contribution in [3.63, 3.8) is 0 Å². The molecule has 0 aromatic rings. The second kappa shape index (κ2) is 5.17. The van der Waals surface area contributed by atoms with Gasteiger partial charge in [-0.05, 0) is 37.5 Å². The SMILES string of the molecule is COC(=O)C1CS(=O)C2CC3(CCCC3)CCC2N1. The molecular formula is C14H23NO3S. The highest BCUT2D eigenvalue weighted by atomic mass is 32.2. The van der Waals surface area contributed by atoms with Gasteiger partial charge in [0.15, 0.2) is 0 Å². The van der Waals surface area contributed by atoms with Gasteiger partial charge in [0.2, 0.25) is 0 Å². The lowest BCUT2D eigenvalue weighted by Crippen LogP contribution is -2.61. The van der Waals surface area contributed by atoms with Crippen molar-refractivity contribution >= 4 is 16.8 Å². The Labute approximate surface area is 117 Å². The van der Waals surface area contributed by atoms with Crippen LogP contribution in [0.25, 0.3) is 0 Å². The maximum Gasteiger partial charge on any atom is 0.323 e. The molecule has 3 aliphatic rings. The summed E-state index contributed by atoms with van der Waals surface area (Å²) in [6.45, 7) is 0. The van der Waals surface area contributed by atoms with Crippen LogP contribution in [0.5, 0.6) is 0 Å². The van der Waals surface area contributed by atoms with Crippen LogP contribution in [-0.2, 0) is 20.3 Å². The number of methoxy groups -OCH3 is 1. The normalized spacial score (nSPS) is 40.9. The predicted octanol–water partition coefficient (Wildman–Crippen LogP) is 1.36. The minimum Gasteiger partial charge on any atom is -0.468 e. The van der Waals surface area contributed by atoms with Gasteiger partial charge in [0, 0.05) is 22.6 Å². The van der Waals surface area contributed by atoms with Crippen molar-refractivity contribution in [2.24, 2.45) is 5.41 Å². The molecule has 1 N–H and O–H groups in total. The third kappa shape index (κ3) is 2.47. The monoisotopic (exact) mass is 285 g/mol. The number of hydrogen-bond acceptors (Lipinski definition) is 4. The van der Waals surface area contributed by atoms with E-state index in [9.17, 15) is 9.00 Å². The molecule has 4 atom stereocenters. The minimum atomic E-state index is -0.894. The number of carbonyl (C=O) groups excluding carboxylic acids is 1. The van der Waals surface area contributed by atoms with Gasteiger partial charge < -0.3 is 4.74 Å². The minimum absolute atomic E-state index is 0.241. The fourth-order valence-electron chi connectivity index (χ4n) is 4.24. The average molecular weight is 285 g/mol. The van der Waals surface area contributed by atoms with Gasteiger partial charge >= 0.3 is 5.97 Å². The van der Waals surface area contributed by atoms with Gasteiger partial charge in [0.25, 0.3) is 0 Å². The van der Waals surface area contributed by atoms with Crippen LogP contribution in [0.3, 0.4) is 0 Å². The van der Waals surface area contributed by atoms with E-state index in [-0.39, 0.29) is 23.3 Å². The summed E-state index contributed by atoms with van der Waals surface area (Å²) in [7, 11) is 0.502. The molecule has 1 aliphatic heterocycles. The third-order valence-corrected chi connectivity index (χ3v) is 7.13. The Bertz CT molecular complexity index is 392. The summed E-state index contributed by atoms with van der Waals surface area (Å²) in [5.41, 5.74) is 0.469. The standard InChI is InChI=1S/C14H23NO3S/c1-18-13(16)11-9-19(17)12-8-14(5-2-3-6-14)7-4-10(12)15-11/h10-12,15H,2-9H2,1H3. The first-order chi connectivity index (χ1) is 9.13. The second-order valence-corrected chi connectivity index (χ2v) is 8.08. The molecule has 4 unspecified atom stereocenters. The van der Waals surface area contributed by atoms with Crippen molar-refractivity contribution in [1.29, 1.82) is 0 Å². The number of ether oxygens (including phenoxy) is 1. The molecule has 0 amide bonds. The maximum absolute atomic E-state index is 12.5. The van der Waals surface area contributed by atoms with Crippen LogP contribution < -0.4 is 5.32 Å². The van der Waals surface area contributed by atoms with Crippen molar-refractivity contribution < 1.29 is 13.7 Å². The van der Waals surface area contributed by atoms with Gasteiger partial charge in [-0.25, -0.2) is 0 Å². The molecule has 1 spiro atoms. The molecule has 0 aromatic heterocycles. The van der Waals surface area contributed by atoms with Gasteiger partial charge in [0.1, 0.15) is 6.04 Å². The molecule has 5 heteroatoms. The zero-order chi connectivity index (χ0) is 13.5. The highest BCUT2D eigenvalue weighted by Crippen LogP contribution is 2.50. The van der Waals surface area contributed by atoms with E-state index in [2.05, 4.69) is 5.32 Å². The predicted molar refractivity (Wildman–Crippen MR) is 74.3 cm³/mol. The molecule has 1 heterocycles. The lowest BCUT2D eigenvalue weighted by molar-refractivity contribution is -0.142. The van der Waals surface area contributed by atoms with Crippen LogP contribution in [-0.4, -0.2) is 40.4 Å². The number of nitrogens with one attached hydrogen (secondary N) is 1. The average Bonchev–Trinajstić information content (AvgIpc) is 2.87. The molecule has 3 rings (SSSR count). The Balaban J connectivity index is 1.71. The second-order valence-electron chi connectivity index (χ2n) is 6.38. The molecule has 1 saturated heterocycles. The molecule has 0 aromatic carbocycles. The topological polar surface area (TPSA) is 55.4 Å². The van der Waals surface area contributed by atoms with E-state index < -0.39 is 10.8 Å². The van der Waals surface area contributed by atoms with Crippen LogP contribution in [0.2, 0.25) is 0 Å². The number of hydrogen-bond donors (Lipinski definition) is 1. The summed E-state index contributed by atoms with van der Waals surface area (Å²) in [5, 5.41) is 3.62. The fourth-order valence-corrected chi connectivity index (χ4v) is 6.17. The molecule has 19 heavy (non-hydrogen) atoms. The van der Waals surface area contributed by atoms with E-state index in [1.807, 2.05) is 0 Å². The zero-order valence-electron chi connectivity index (χ0n) is 11.5. The van der Waals surface area contributed by atoms with Crippen LogP contribution >= 0.6 is 0 Å². The molecule has 3 fully saturated rings. The quantitative estimate of drug-likeness (QED) is 0.739. The van der Waals surface area contributed by atoms with E-state index in [1.54, 1.807) is 0 Å². The molecule has 2 saturated carbocycles. The summed E-state index contributed by atoms with van der Waals surface area (Å²) in [4.78, 5) is 11.6. The summed E-state index contributed by atoms with van der Waals surface area (Å²) >= 11 is 0. The van der Waals surface area contributed by atoms with Crippen LogP contribution in [0, 0.1) is 5.41 Å². The zero-order valence-corrected chi connectivity index (χ0v) is 12.3. The van der Waals surface area contributed by atoms with E-state index in [0.717, 1.165) is 12.8 Å². The number of rotatable bonds is 1. The van der Waals surface area contributed by atoms with Crippen molar-refractivity contribution in [2.75, 3.05) is 12.9 Å². The summed E-state index contributed by atoms with van der Waals surface area (Å²) in [6.07, 6.45) is 8.67. The Morgan fingerprint density at radius 3 is 2.74 bits per heavy atom. The van der Waals surface area contributed by atoms with Crippen LogP contribution in [0.4, 0.5) is 0 Å². The fraction of sp³-hybridized carbons (Fsp3) is 0.929. The van der Waals surface area contributed by atoms with E-state index in [1.165, 1.54) is 39.2 Å². The Morgan fingerprint density at radius 2 is 2.05 bits per heavy atom. The Kier molecular flexibility index (Phi) is 3.69. The maximum atomic E-state index is 12.5. The molecule has 0 radical (unpaired) electrons. The summed E-state index contributed by atoms with van der Waals surface area (Å²) < 4.78 is 17.2. The van der Waals surface area contributed by atoms with Crippen molar-refractivity contribution in [3.05, 3.63) is 0 Å². The van der Waals surface area contributed by atoms with Gasteiger partial charge in [-0.2, -0.15) is 0 Å². The number of fused-ring (bicyclic) bond motifs is 1. The van der Waals surface area contributed by atoms with Crippen molar-refractivity contribution in [1.82, 2.24) is 5.32 Å². The van der Waals surface area contributed by atoms with Crippen molar-refractivity contribution in [2.45, 2.75) is 62.3 Å². The summed E-state index contributed by atoms with van der Waals surface area (Å²) in [6, 6.07) is -0.130. The third-order valence-electron chi connectivity index (χ3n) is 5.30. The summed E-state index contributed by atoms with van der Waals surface area (Å²) in [5.74, 6) is 0.150. The molecule has 108 valence electrons. The smallest absolute Gasteiger partial charge is 0.323 e. The first-order valence-electron chi connectivity index (χ1n) is 7.35. The first-order valence-corrected chi connectivity index (χ1v) is 8.73. The Hall–Kier alpha value is -0.420.